The SMILES string of the molecule is C=C[C@@H]1CCCc2cc(C)ccc21. The normalized spacial score (nSPS) is 20.8. The van der Waals surface area contributed by atoms with Crippen LogP contribution in [0.1, 0.15) is 35.4 Å². The molecule has 1 aliphatic rings. The van der Waals surface area contributed by atoms with Gasteiger partial charge >= 0.3 is 0 Å². The molecule has 0 N–H and O–H groups in total. The van der Waals surface area contributed by atoms with Crippen LogP contribution in [0.2, 0.25) is 0 Å². The molecule has 1 aliphatic carbocycles. The van der Waals surface area contributed by atoms with E-state index >= 15 is 0 Å². The lowest BCUT2D eigenvalue weighted by molar-refractivity contribution is 0.629. The van der Waals surface area contributed by atoms with Crippen LogP contribution in [0.15, 0.2) is 30.9 Å². The lowest BCUT2D eigenvalue weighted by Gasteiger charge is -2.23. The molecule has 0 spiro atoms. The van der Waals surface area contributed by atoms with Gasteiger partial charge in [-0.1, -0.05) is 29.8 Å². The van der Waals surface area contributed by atoms with Crippen molar-refractivity contribution in [1.82, 2.24) is 0 Å². The highest BCUT2D eigenvalue weighted by Crippen LogP contribution is 2.32. The molecule has 1 aromatic carbocycles. The van der Waals surface area contributed by atoms with Gasteiger partial charge in [-0.25, -0.2) is 0 Å². The average molecular weight is 172 g/mol. The van der Waals surface area contributed by atoms with Gasteiger partial charge in [0.15, 0.2) is 0 Å². The first kappa shape index (κ1) is 8.55. The molecule has 0 fully saturated rings. The first-order valence-corrected chi connectivity index (χ1v) is 5.03. The molecule has 0 heteroatoms. The van der Waals surface area contributed by atoms with E-state index in [9.17, 15) is 0 Å². The van der Waals surface area contributed by atoms with Crippen molar-refractivity contribution in [2.75, 3.05) is 0 Å². The van der Waals surface area contributed by atoms with E-state index in [1.165, 1.54) is 36.0 Å². The Balaban J connectivity index is 2.45. The molecule has 0 amide bonds. The van der Waals surface area contributed by atoms with Crippen molar-refractivity contribution in [2.24, 2.45) is 0 Å². The molecular formula is C13H16. The number of benzene rings is 1. The molecule has 0 nitrogen and oxygen atoms in total. The summed E-state index contributed by atoms with van der Waals surface area (Å²) in [5.41, 5.74) is 4.42. The highest BCUT2D eigenvalue weighted by Gasteiger charge is 2.16. The fourth-order valence-corrected chi connectivity index (χ4v) is 2.23. The molecule has 0 unspecified atom stereocenters. The van der Waals surface area contributed by atoms with Crippen LogP contribution in [-0.2, 0) is 6.42 Å². The molecule has 0 radical (unpaired) electrons. The van der Waals surface area contributed by atoms with E-state index in [2.05, 4.69) is 37.8 Å². The van der Waals surface area contributed by atoms with Gasteiger partial charge in [0, 0.05) is 5.92 Å². The lowest BCUT2D eigenvalue weighted by atomic mass is 9.82. The number of hydrogen-bond acceptors (Lipinski definition) is 0. The van der Waals surface area contributed by atoms with Crippen LogP contribution in [-0.4, -0.2) is 0 Å². The van der Waals surface area contributed by atoms with Gasteiger partial charge < -0.3 is 0 Å². The van der Waals surface area contributed by atoms with Gasteiger partial charge in [-0.15, -0.1) is 6.58 Å². The van der Waals surface area contributed by atoms with Gasteiger partial charge in [-0.3, -0.25) is 0 Å². The average Bonchev–Trinajstić information content (AvgIpc) is 2.16. The first-order chi connectivity index (χ1) is 6.31. The maximum Gasteiger partial charge on any atom is 0.00181 e. The van der Waals surface area contributed by atoms with E-state index in [0.717, 1.165) is 0 Å². The highest BCUT2D eigenvalue weighted by molar-refractivity contribution is 5.37. The Hall–Kier alpha value is -1.04. The Morgan fingerprint density at radius 1 is 1.46 bits per heavy atom. The van der Waals surface area contributed by atoms with Crippen LogP contribution in [0.3, 0.4) is 0 Å². The van der Waals surface area contributed by atoms with Crippen LogP contribution < -0.4 is 0 Å². The van der Waals surface area contributed by atoms with E-state index in [-0.39, 0.29) is 0 Å². The summed E-state index contributed by atoms with van der Waals surface area (Å²) >= 11 is 0. The molecule has 0 saturated carbocycles. The van der Waals surface area contributed by atoms with Crippen LogP contribution in [0.5, 0.6) is 0 Å². The third-order valence-corrected chi connectivity index (χ3v) is 2.94. The molecule has 0 heterocycles. The minimum Gasteiger partial charge on any atom is -0.102 e. The summed E-state index contributed by atoms with van der Waals surface area (Å²) in [6.45, 7) is 6.07. The van der Waals surface area contributed by atoms with Gasteiger partial charge in [0.25, 0.3) is 0 Å². The van der Waals surface area contributed by atoms with Crippen molar-refractivity contribution in [2.45, 2.75) is 32.1 Å². The van der Waals surface area contributed by atoms with Crippen LogP contribution in [0, 0.1) is 6.92 Å². The minimum atomic E-state index is 0.601. The topological polar surface area (TPSA) is 0 Å². The molecule has 1 aromatic rings. The zero-order valence-corrected chi connectivity index (χ0v) is 8.22. The van der Waals surface area contributed by atoms with Crippen molar-refractivity contribution >= 4 is 0 Å². The maximum absolute atomic E-state index is 3.91. The van der Waals surface area contributed by atoms with Crippen molar-refractivity contribution in [3.63, 3.8) is 0 Å². The van der Waals surface area contributed by atoms with Crippen LogP contribution in [0.4, 0.5) is 0 Å². The molecular weight excluding hydrogens is 156 g/mol. The van der Waals surface area contributed by atoms with E-state index < -0.39 is 0 Å². The number of hydrogen-bond donors (Lipinski definition) is 0. The van der Waals surface area contributed by atoms with Crippen LogP contribution >= 0.6 is 0 Å². The van der Waals surface area contributed by atoms with E-state index in [0.29, 0.717) is 5.92 Å². The molecule has 0 aromatic heterocycles. The molecule has 13 heavy (non-hydrogen) atoms. The Kier molecular flexibility index (Phi) is 2.22. The molecule has 68 valence electrons. The third-order valence-electron chi connectivity index (χ3n) is 2.94. The number of aryl methyl sites for hydroxylation is 2. The summed E-state index contributed by atoms with van der Waals surface area (Å²) in [7, 11) is 0. The van der Waals surface area contributed by atoms with Gasteiger partial charge in [0.1, 0.15) is 0 Å². The second-order valence-electron chi connectivity index (χ2n) is 3.94. The van der Waals surface area contributed by atoms with Crippen molar-refractivity contribution < 1.29 is 0 Å². The smallest absolute Gasteiger partial charge is 0.00181 e. The first-order valence-electron chi connectivity index (χ1n) is 5.03. The number of fused-ring (bicyclic) bond motifs is 1. The quantitative estimate of drug-likeness (QED) is 0.568. The monoisotopic (exact) mass is 172 g/mol. The Bertz CT molecular complexity index is 323. The maximum atomic E-state index is 3.91. The van der Waals surface area contributed by atoms with Gasteiger partial charge in [-0.05, 0) is 37.3 Å². The third kappa shape index (κ3) is 1.53. The van der Waals surface area contributed by atoms with E-state index in [1.807, 2.05) is 0 Å². The molecule has 0 bridgehead atoms. The standard InChI is InChI=1S/C13H16/c1-3-11-5-4-6-12-9-10(2)7-8-13(11)12/h3,7-9,11H,1,4-6H2,2H3/t11-/m1/s1. The number of rotatable bonds is 1. The molecule has 1 atom stereocenters. The predicted octanol–water partition coefficient (Wildman–Crippen LogP) is 3.60. The number of allylic oxidation sites excluding steroid dienone is 1. The predicted molar refractivity (Wildman–Crippen MR) is 57.1 cm³/mol. The highest BCUT2D eigenvalue weighted by atomic mass is 14.2. The summed E-state index contributed by atoms with van der Waals surface area (Å²) in [6.07, 6.45) is 5.93. The lowest BCUT2D eigenvalue weighted by Crippen LogP contribution is -2.07. The van der Waals surface area contributed by atoms with E-state index in [4.69, 9.17) is 0 Å². The van der Waals surface area contributed by atoms with E-state index in [1.54, 1.807) is 0 Å². The fourth-order valence-electron chi connectivity index (χ4n) is 2.23. The van der Waals surface area contributed by atoms with Crippen molar-refractivity contribution in [3.05, 3.63) is 47.5 Å². The Labute approximate surface area is 80.3 Å². The summed E-state index contributed by atoms with van der Waals surface area (Å²) in [5, 5.41) is 0. The summed E-state index contributed by atoms with van der Waals surface area (Å²) in [4.78, 5) is 0. The van der Waals surface area contributed by atoms with Crippen molar-refractivity contribution in [3.8, 4) is 0 Å². The summed E-state index contributed by atoms with van der Waals surface area (Å²) < 4.78 is 0. The fraction of sp³-hybridized carbons (Fsp3) is 0.385. The second-order valence-corrected chi connectivity index (χ2v) is 3.94. The van der Waals surface area contributed by atoms with Gasteiger partial charge in [0.05, 0.1) is 0 Å². The largest absolute Gasteiger partial charge is 0.102 e. The van der Waals surface area contributed by atoms with Crippen molar-refractivity contribution in [1.29, 1.82) is 0 Å². The van der Waals surface area contributed by atoms with Crippen LogP contribution in [0.25, 0.3) is 0 Å². The van der Waals surface area contributed by atoms with Gasteiger partial charge in [-0.2, -0.15) is 0 Å². The Morgan fingerprint density at radius 3 is 3.08 bits per heavy atom. The summed E-state index contributed by atoms with van der Waals surface area (Å²) in [6, 6.07) is 6.81. The molecule has 0 aliphatic heterocycles. The zero-order chi connectivity index (χ0) is 9.26. The minimum absolute atomic E-state index is 0.601. The second kappa shape index (κ2) is 3.37. The summed E-state index contributed by atoms with van der Waals surface area (Å²) in [5.74, 6) is 0.601. The molecule has 2 rings (SSSR count). The Morgan fingerprint density at radius 2 is 2.31 bits per heavy atom. The molecule has 0 saturated heterocycles. The zero-order valence-electron chi connectivity index (χ0n) is 8.22. The van der Waals surface area contributed by atoms with Gasteiger partial charge in [0.2, 0.25) is 0 Å².